The first-order valence-electron chi connectivity index (χ1n) is 6.37. The summed E-state index contributed by atoms with van der Waals surface area (Å²) in [6.45, 7) is 0. The van der Waals surface area contributed by atoms with Gasteiger partial charge < -0.3 is 10.7 Å². The number of rotatable bonds is 3. The van der Waals surface area contributed by atoms with Gasteiger partial charge in [0.25, 0.3) is 0 Å². The van der Waals surface area contributed by atoms with Gasteiger partial charge in [-0.2, -0.15) is 0 Å². The van der Waals surface area contributed by atoms with Gasteiger partial charge in [-0.3, -0.25) is 0 Å². The van der Waals surface area contributed by atoms with Gasteiger partial charge in [0, 0.05) is 16.7 Å². The molecule has 6 heteroatoms. The molecule has 2 aromatic heterocycles. The zero-order valence-corrected chi connectivity index (χ0v) is 12.5. The van der Waals surface area contributed by atoms with Crippen LogP contribution in [0.1, 0.15) is 17.3 Å². The number of hydrogen-bond acceptors (Lipinski definition) is 2. The van der Waals surface area contributed by atoms with Crippen LogP contribution in [0.2, 0.25) is 0 Å². The molecular weight excluding hydrogens is 340 g/mol. The molecule has 3 rings (SSSR count). The van der Waals surface area contributed by atoms with Crippen molar-refractivity contribution in [3.05, 3.63) is 63.9 Å². The highest BCUT2D eigenvalue weighted by atomic mass is 79.9. The summed E-state index contributed by atoms with van der Waals surface area (Å²) < 4.78 is 27.2. The van der Waals surface area contributed by atoms with Crippen molar-refractivity contribution in [2.75, 3.05) is 0 Å². The topological polar surface area (TPSA) is 54.7 Å². The highest BCUT2D eigenvalue weighted by molar-refractivity contribution is 9.10. The Morgan fingerprint density at radius 3 is 2.62 bits per heavy atom. The van der Waals surface area contributed by atoms with Gasteiger partial charge in [-0.1, -0.05) is 0 Å². The first kappa shape index (κ1) is 14.2. The number of hydrogen-bond donors (Lipinski definition) is 2. The quantitative estimate of drug-likeness (QED) is 0.752. The van der Waals surface area contributed by atoms with Gasteiger partial charge in [0.15, 0.2) is 0 Å². The van der Waals surface area contributed by atoms with Gasteiger partial charge in [0.1, 0.15) is 11.6 Å². The minimum absolute atomic E-state index is 0.302. The van der Waals surface area contributed by atoms with Crippen molar-refractivity contribution in [2.45, 2.75) is 12.5 Å². The zero-order chi connectivity index (χ0) is 15.0. The number of nitrogens with zero attached hydrogens (tertiary/aromatic N) is 1. The Morgan fingerprint density at radius 2 is 1.90 bits per heavy atom. The minimum Gasteiger partial charge on any atom is -0.360 e. The van der Waals surface area contributed by atoms with Gasteiger partial charge in [-0.15, -0.1) is 0 Å². The fraction of sp³-hybridized carbons (Fsp3) is 0.133. The predicted molar refractivity (Wildman–Crippen MR) is 80.8 cm³/mol. The van der Waals surface area contributed by atoms with Crippen molar-refractivity contribution < 1.29 is 8.78 Å². The van der Waals surface area contributed by atoms with E-state index < -0.39 is 17.7 Å². The normalized spacial score (nSPS) is 12.8. The van der Waals surface area contributed by atoms with Crippen molar-refractivity contribution in [1.82, 2.24) is 9.97 Å². The Balaban J connectivity index is 1.92. The van der Waals surface area contributed by atoms with Crippen LogP contribution in [0, 0.1) is 11.6 Å². The first-order valence-corrected chi connectivity index (χ1v) is 7.16. The lowest BCUT2D eigenvalue weighted by molar-refractivity contribution is 0.575. The molecule has 0 radical (unpaired) electrons. The molecule has 1 atom stereocenters. The number of nitrogens with one attached hydrogen (secondary N) is 1. The smallest absolute Gasteiger partial charge is 0.126 e. The molecule has 3 N–H and O–H groups in total. The van der Waals surface area contributed by atoms with Crippen molar-refractivity contribution in [1.29, 1.82) is 0 Å². The lowest BCUT2D eigenvalue weighted by Crippen LogP contribution is -2.16. The van der Waals surface area contributed by atoms with Crippen molar-refractivity contribution in [2.24, 2.45) is 5.73 Å². The van der Waals surface area contributed by atoms with E-state index in [4.69, 9.17) is 5.73 Å². The number of aromatic amines is 1. The Kier molecular flexibility index (Phi) is 3.73. The molecule has 2 heterocycles. The summed E-state index contributed by atoms with van der Waals surface area (Å²) in [4.78, 5) is 7.54. The third-order valence-electron chi connectivity index (χ3n) is 3.24. The average Bonchev–Trinajstić information content (AvgIpc) is 2.83. The Bertz CT molecular complexity index is 780. The Hall–Kier alpha value is -1.79. The SMILES string of the molecule is NC(Cc1cc(F)cc(F)c1)c1nc2cc[nH]c2cc1Br. The molecule has 21 heavy (non-hydrogen) atoms. The molecule has 0 saturated heterocycles. The number of nitrogens with two attached hydrogens (primary N) is 1. The molecule has 1 unspecified atom stereocenters. The third kappa shape index (κ3) is 2.96. The molecule has 0 aliphatic rings. The molecule has 0 saturated carbocycles. The molecule has 1 aromatic carbocycles. The van der Waals surface area contributed by atoms with Crippen LogP contribution in [0.3, 0.4) is 0 Å². The Labute approximate surface area is 128 Å². The zero-order valence-electron chi connectivity index (χ0n) is 10.9. The summed E-state index contributed by atoms with van der Waals surface area (Å²) >= 11 is 3.43. The maximum absolute atomic E-state index is 13.2. The molecular formula is C15H12BrF2N3. The van der Waals surface area contributed by atoms with Crippen LogP contribution >= 0.6 is 15.9 Å². The van der Waals surface area contributed by atoms with E-state index in [-0.39, 0.29) is 0 Å². The number of aromatic nitrogens is 2. The molecule has 0 bridgehead atoms. The van der Waals surface area contributed by atoms with Crippen LogP contribution in [0.4, 0.5) is 8.78 Å². The van der Waals surface area contributed by atoms with Gasteiger partial charge in [-0.25, -0.2) is 13.8 Å². The molecule has 3 nitrogen and oxygen atoms in total. The maximum atomic E-state index is 13.2. The van der Waals surface area contributed by atoms with E-state index in [1.165, 1.54) is 12.1 Å². The van der Waals surface area contributed by atoms with E-state index in [1.54, 1.807) is 6.20 Å². The van der Waals surface area contributed by atoms with E-state index in [2.05, 4.69) is 25.9 Å². The summed E-state index contributed by atoms with van der Waals surface area (Å²) in [5.74, 6) is -1.21. The van der Waals surface area contributed by atoms with Crippen LogP contribution in [0.5, 0.6) is 0 Å². The van der Waals surface area contributed by atoms with Crippen LogP contribution in [0.25, 0.3) is 11.0 Å². The number of benzene rings is 1. The monoisotopic (exact) mass is 351 g/mol. The molecule has 0 spiro atoms. The maximum Gasteiger partial charge on any atom is 0.126 e. The van der Waals surface area contributed by atoms with E-state index >= 15 is 0 Å². The molecule has 0 aliphatic heterocycles. The second-order valence-corrected chi connectivity index (χ2v) is 5.71. The van der Waals surface area contributed by atoms with Crippen molar-refractivity contribution in [3.63, 3.8) is 0 Å². The summed E-state index contributed by atoms with van der Waals surface area (Å²) in [6, 6.07) is 6.69. The standard InChI is InChI=1S/C15H12BrF2N3/c16-11-7-14-13(1-2-20-14)21-15(11)12(19)5-8-3-9(17)6-10(18)4-8/h1-4,6-7,12,20H,5,19H2. The molecule has 3 aromatic rings. The first-order chi connectivity index (χ1) is 10.0. The largest absolute Gasteiger partial charge is 0.360 e. The molecule has 0 amide bonds. The highest BCUT2D eigenvalue weighted by Crippen LogP contribution is 2.26. The minimum atomic E-state index is -0.606. The molecule has 108 valence electrons. The van der Waals surface area contributed by atoms with E-state index in [9.17, 15) is 8.78 Å². The number of fused-ring (bicyclic) bond motifs is 1. The van der Waals surface area contributed by atoms with Crippen LogP contribution in [-0.4, -0.2) is 9.97 Å². The van der Waals surface area contributed by atoms with E-state index in [1.807, 2.05) is 12.1 Å². The summed E-state index contributed by atoms with van der Waals surface area (Å²) in [7, 11) is 0. The van der Waals surface area contributed by atoms with Crippen LogP contribution in [-0.2, 0) is 6.42 Å². The van der Waals surface area contributed by atoms with E-state index in [0.717, 1.165) is 21.6 Å². The summed E-state index contributed by atoms with van der Waals surface area (Å²) in [5, 5.41) is 0. The fourth-order valence-corrected chi connectivity index (χ4v) is 2.92. The van der Waals surface area contributed by atoms with Gasteiger partial charge in [-0.05, 0) is 52.2 Å². The number of H-pyrrole nitrogens is 1. The fourth-order valence-electron chi connectivity index (χ4n) is 2.31. The summed E-state index contributed by atoms with van der Waals surface area (Å²) in [6.07, 6.45) is 2.09. The van der Waals surface area contributed by atoms with Crippen molar-refractivity contribution >= 4 is 27.0 Å². The number of halogens is 3. The second kappa shape index (κ2) is 5.54. The van der Waals surface area contributed by atoms with Gasteiger partial charge >= 0.3 is 0 Å². The van der Waals surface area contributed by atoms with Crippen molar-refractivity contribution in [3.8, 4) is 0 Å². The molecule has 0 fully saturated rings. The van der Waals surface area contributed by atoms with Gasteiger partial charge in [0.05, 0.1) is 22.8 Å². The predicted octanol–water partition coefficient (Wildman–Crippen LogP) is 3.85. The van der Waals surface area contributed by atoms with Crippen LogP contribution < -0.4 is 5.73 Å². The third-order valence-corrected chi connectivity index (χ3v) is 3.88. The highest BCUT2D eigenvalue weighted by Gasteiger charge is 2.15. The van der Waals surface area contributed by atoms with E-state index in [0.29, 0.717) is 17.7 Å². The molecule has 0 aliphatic carbocycles. The Morgan fingerprint density at radius 1 is 1.19 bits per heavy atom. The average molecular weight is 352 g/mol. The van der Waals surface area contributed by atoms with Gasteiger partial charge in [0.2, 0.25) is 0 Å². The van der Waals surface area contributed by atoms with Crippen LogP contribution in [0.15, 0.2) is 41.0 Å². The number of pyridine rings is 1. The summed E-state index contributed by atoms with van der Waals surface area (Å²) in [5.41, 5.74) is 9.00. The lowest BCUT2D eigenvalue weighted by Gasteiger charge is -2.13. The lowest BCUT2D eigenvalue weighted by atomic mass is 10.0. The second-order valence-electron chi connectivity index (χ2n) is 4.85.